The Kier molecular flexibility index (Phi) is 2.81. The van der Waals surface area contributed by atoms with Crippen LogP contribution in [-0.2, 0) is 17.7 Å². The lowest BCUT2D eigenvalue weighted by Crippen LogP contribution is -2.27. The first-order chi connectivity index (χ1) is 7.65. The molecule has 1 aliphatic heterocycles. The van der Waals surface area contributed by atoms with E-state index in [-0.39, 0.29) is 11.0 Å². The second-order valence-electron chi connectivity index (χ2n) is 4.07. The fraction of sp³-hybridized carbons (Fsp3) is 0.500. The van der Waals surface area contributed by atoms with E-state index in [1.54, 1.807) is 0 Å². The molecular formula is C12H15NO3. The van der Waals surface area contributed by atoms with Gasteiger partial charge in [-0.3, -0.25) is 4.79 Å². The first-order valence-corrected chi connectivity index (χ1v) is 5.46. The molecule has 0 N–H and O–H groups in total. The second kappa shape index (κ2) is 4.12. The van der Waals surface area contributed by atoms with Crippen LogP contribution in [-0.4, -0.2) is 17.6 Å². The van der Waals surface area contributed by atoms with Crippen molar-refractivity contribution in [3.05, 3.63) is 33.2 Å². The summed E-state index contributed by atoms with van der Waals surface area (Å²) in [4.78, 5) is 23.4. The van der Waals surface area contributed by atoms with Crippen LogP contribution in [0.15, 0.2) is 10.9 Å². The van der Waals surface area contributed by atoms with Crippen LogP contribution in [0.3, 0.4) is 0 Å². The molecular weight excluding hydrogens is 206 g/mol. The summed E-state index contributed by atoms with van der Waals surface area (Å²) in [5, 5.41) is 0. The van der Waals surface area contributed by atoms with Crippen molar-refractivity contribution in [2.45, 2.75) is 32.7 Å². The maximum absolute atomic E-state index is 11.8. The van der Waals surface area contributed by atoms with Crippen molar-refractivity contribution < 1.29 is 9.53 Å². The number of hydrogen-bond acceptors (Lipinski definition) is 3. The van der Waals surface area contributed by atoms with Crippen molar-refractivity contribution in [3.8, 4) is 0 Å². The Balaban J connectivity index is 2.68. The molecule has 0 atom stereocenters. The zero-order chi connectivity index (χ0) is 11.7. The van der Waals surface area contributed by atoms with E-state index >= 15 is 0 Å². The van der Waals surface area contributed by atoms with E-state index in [2.05, 4.69) is 9.30 Å². The molecule has 16 heavy (non-hydrogen) atoms. The minimum absolute atomic E-state index is 0.216. The number of pyridine rings is 1. The molecule has 2 rings (SSSR count). The number of aromatic nitrogens is 1. The second-order valence-corrected chi connectivity index (χ2v) is 4.07. The monoisotopic (exact) mass is 221 g/mol. The summed E-state index contributed by atoms with van der Waals surface area (Å²) in [6, 6.07) is 1.51. The predicted octanol–water partition coefficient (Wildman–Crippen LogP) is 1.28. The first kappa shape index (κ1) is 10.9. The number of nitrogens with zero attached hydrogens (tertiary/aromatic N) is 1. The summed E-state index contributed by atoms with van der Waals surface area (Å²) < 4.78 is 6.72. The molecule has 0 aromatic carbocycles. The standard InChI is InChI=1S/C12H15NO3/c1-8-7-10(14)11(12(15)16-2)9-5-3-4-6-13(8)9/h7H,3-6H2,1-2H3. The number of hydrogen-bond donors (Lipinski definition) is 0. The minimum atomic E-state index is -0.518. The van der Waals surface area contributed by atoms with E-state index in [0.717, 1.165) is 37.2 Å². The summed E-state index contributed by atoms with van der Waals surface area (Å²) in [7, 11) is 1.31. The maximum atomic E-state index is 11.8. The molecule has 1 aliphatic rings. The fourth-order valence-electron chi connectivity index (χ4n) is 2.28. The Morgan fingerprint density at radius 2 is 2.19 bits per heavy atom. The zero-order valence-corrected chi connectivity index (χ0v) is 9.58. The molecule has 0 saturated heterocycles. The number of esters is 1. The lowest BCUT2D eigenvalue weighted by atomic mass is 10.0. The molecule has 0 saturated carbocycles. The van der Waals surface area contributed by atoms with E-state index in [0.29, 0.717) is 0 Å². The molecule has 2 heterocycles. The fourth-order valence-corrected chi connectivity index (χ4v) is 2.28. The highest BCUT2D eigenvalue weighted by molar-refractivity contribution is 5.90. The number of carbonyl (C=O) groups is 1. The quantitative estimate of drug-likeness (QED) is 0.671. The van der Waals surface area contributed by atoms with E-state index in [4.69, 9.17) is 0 Å². The van der Waals surface area contributed by atoms with Gasteiger partial charge in [-0.05, 0) is 26.2 Å². The third-order valence-electron chi connectivity index (χ3n) is 3.06. The van der Waals surface area contributed by atoms with Crippen LogP contribution < -0.4 is 5.43 Å². The van der Waals surface area contributed by atoms with Gasteiger partial charge in [0.25, 0.3) is 0 Å². The van der Waals surface area contributed by atoms with Gasteiger partial charge in [-0.15, -0.1) is 0 Å². The van der Waals surface area contributed by atoms with Gasteiger partial charge in [0.05, 0.1) is 7.11 Å². The summed E-state index contributed by atoms with van der Waals surface area (Å²) in [5.74, 6) is -0.518. The third kappa shape index (κ3) is 1.64. The van der Waals surface area contributed by atoms with Crippen molar-refractivity contribution in [2.24, 2.45) is 0 Å². The first-order valence-electron chi connectivity index (χ1n) is 5.46. The van der Waals surface area contributed by atoms with Crippen LogP contribution in [0.25, 0.3) is 0 Å². The Morgan fingerprint density at radius 1 is 1.44 bits per heavy atom. The number of methoxy groups -OCH3 is 1. The van der Waals surface area contributed by atoms with Gasteiger partial charge in [0.2, 0.25) is 0 Å². The SMILES string of the molecule is COC(=O)c1c2n(c(C)cc1=O)CCCC2. The molecule has 86 valence electrons. The van der Waals surface area contributed by atoms with Crippen molar-refractivity contribution in [3.63, 3.8) is 0 Å². The molecule has 0 spiro atoms. The summed E-state index contributed by atoms with van der Waals surface area (Å²) in [6.07, 6.45) is 2.89. The predicted molar refractivity (Wildman–Crippen MR) is 59.7 cm³/mol. The molecule has 0 unspecified atom stereocenters. The van der Waals surface area contributed by atoms with Gasteiger partial charge in [-0.1, -0.05) is 0 Å². The van der Waals surface area contributed by atoms with E-state index in [9.17, 15) is 9.59 Å². The molecule has 1 aromatic rings. The Bertz CT molecular complexity index is 488. The smallest absolute Gasteiger partial charge is 0.343 e. The zero-order valence-electron chi connectivity index (χ0n) is 9.58. The van der Waals surface area contributed by atoms with E-state index < -0.39 is 5.97 Å². The Labute approximate surface area is 93.8 Å². The van der Waals surface area contributed by atoms with Crippen LogP contribution in [0, 0.1) is 6.92 Å². The molecule has 4 nitrogen and oxygen atoms in total. The molecule has 1 aromatic heterocycles. The largest absolute Gasteiger partial charge is 0.465 e. The third-order valence-corrected chi connectivity index (χ3v) is 3.06. The van der Waals surface area contributed by atoms with Crippen LogP contribution in [0.5, 0.6) is 0 Å². The van der Waals surface area contributed by atoms with E-state index in [1.807, 2.05) is 6.92 Å². The van der Waals surface area contributed by atoms with Crippen molar-refractivity contribution in [2.75, 3.05) is 7.11 Å². The highest BCUT2D eigenvalue weighted by Crippen LogP contribution is 2.18. The van der Waals surface area contributed by atoms with Crippen molar-refractivity contribution in [1.82, 2.24) is 4.57 Å². The number of carbonyl (C=O) groups excluding carboxylic acids is 1. The number of fused-ring (bicyclic) bond motifs is 1. The summed E-state index contributed by atoms with van der Waals surface area (Å²) >= 11 is 0. The van der Waals surface area contributed by atoms with Gasteiger partial charge >= 0.3 is 5.97 Å². The average molecular weight is 221 g/mol. The average Bonchev–Trinajstić information content (AvgIpc) is 2.28. The van der Waals surface area contributed by atoms with Crippen molar-refractivity contribution in [1.29, 1.82) is 0 Å². The summed E-state index contributed by atoms with van der Waals surface area (Å²) in [6.45, 7) is 2.78. The van der Waals surface area contributed by atoms with E-state index in [1.165, 1.54) is 13.2 Å². The lowest BCUT2D eigenvalue weighted by molar-refractivity contribution is 0.0596. The summed E-state index contributed by atoms with van der Waals surface area (Å²) in [5.41, 5.74) is 1.75. The normalized spacial score (nSPS) is 14.4. The van der Waals surface area contributed by atoms with Crippen LogP contribution >= 0.6 is 0 Å². The maximum Gasteiger partial charge on any atom is 0.343 e. The number of ether oxygens (including phenoxy) is 1. The lowest BCUT2D eigenvalue weighted by Gasteiger charge is -2.23. The van der Waals surface area contributed by atoms with Gasteiger partial charge in [-0.2, -0.15) is 0 Å². The van der Waals surface area contributed by atoms with Crippen LogP contribution in [0.2, 0.25) is 0 Å². The molecule has 0 bridgehead atoms. The van der Waals surface area contributed by atoms with Gasteiger partial charge in [0.1, 0.15) is 5.56 Å². The molecule has 0 fully saturated rings. The minimum Gasteiger partial charge on any atom is -0.465 e. The van der Waals surface area contributed by atoms with Crippen LogP contribution in [0.4, 0.5) is 0 Å². The molecule has 0 radical (unpaired) electrons. The van der Waals surface area contributed by atoms with Crippen molar-refractivity contribution >= 4 is 5.97 Å². The Hall–Kier alpha value is -1.58. The van der Waals surface area contributed by atoms with Crippen LogP contribution in [0.1, 0.15) is 34.6 Å². The number of rotatable bonds is 1. The van der Waals surface area contributed by atoms with Gasteiger partial charge < -0.3 is 9.30 Å². The van der Waals surface area contributed by atoms with Gasteiger partial charge in [0.15, 0.2) is 5.43 Å². The Morgan fingerprint density at radius 3 is 2.88 bits per heavy atom. The molecule has 0 amide bonds. The number of aryl methyl sites for hydroxylation is 1. The topological polar surface area (TPSA) is 48.3 Å². The molecule has 4 heteroatoms. The van der Waals surface area contributed by atoms with Gasteiger partial charge in [-0.25, -0.2) is 4.79 Å². The highest BCUT2D eigenvalue weighted by Gasteiger charge is 2.22. The molecule has 0 aliphatic carbocycles. The highest BCUT2D eigenvalue weighted by atomic mass is 16.5. The van der Waals surface area contributed by atoms with Gasteiger partial charge in [0, 0.05) is 24.0 Å².